The summed E-state index contributed by atoms with van der Waals surface area (Å²) in [4.78, 5) is 10.4. The highest BCUT2D eigenvalue weighted by Gasteiger charge is 2.24. The Balaban J connectivity index is 3.03. The number of hydrogen-bond acceptors (Lipinski definition) is 4. The van der Waals surface area contributed by atoms with Gasteiger partial charge in [0.2, 0.25) is 0 Å². The summed E-state index contributed by atoms with van der Waals surface area (Å²) in [6.45, 7) is 5.07. The normalized spacial score (nSPS) is 13.2. The molecule has 1 atom stereocenters. The third kappa shape index (κ3) is 3.67. The average Bonchev–Trinajstić information content (AvgIpc) is 2.18. The zero-order chi connectivity index (χ0) is 13.2. The summed E-state index contributed by atoms with van der Waals surface area (Å²) in [5, 5.41) is 23.6. The number of rotatable bonds is 4. The monoisotopic (exact) mass is 302 g/mol. The lowest BCUT2D eigenvalue weighted by atomic mass is 10.0. The van der Waals surface area contributed by atoms with Gasteiger partial charge in [-0.05, 0) is 32.9 Å². The summed E-state index contributed by atoms with van der Waals surface area (Å²) in [5.74, 6) is 0. The molecule has 0 amide bonds. The number of hydrogen-bond donors (Lipinski definition) is 2. The molecule has 1 rings (SSSR count). The molecule has 0 saturated heterocycles. The lowest BCUT2D eigenvalue weighted by Gasteiger charge is -2.27. The molecule has 5 nitrogen and oxygen atoms in total. The molecule has 0 aliphatic carbocycles. The lowest BCUT2D eigenvalue weighted by molar-refractivity contribution is -0.384. The minimum absolute atomic E-state index is 0.0181. The molecule has 0 saturated carbocycles. The van der Waals surface area contributed by atoms with E-state index in [-0.39, 0.29) is 11.7 Å². The fourth-order valence-corrected chi connectivity index (χ4v) is 1.54. The molecule has 1 aromatic rings. The standard InChI is InChI=1S/C11H15BrN2O3/c1-7(11(2,3)15)13-9-5-4-8(12)6-10(9)14(16)17/h4-7,13,15H,1-3H3. The highest BCUT2D eigenvalue weighted by atomic mass is 79.9. The van der Waals surface area contributed by atoms with Crippen molar-refractivity contribution < 1.29 is 10.0 Å². The number of halogens is 1. The summed E-state index contributed by atoms with van der Waals surface area (Å²) in [5.41, 5.74) is -0.579. The van der Waals surface area contributed by atoms with Gasteiger partial charge in [-0.3, -0.25) is 10.1 Å². The number of nitro benzene ring substituents is 1. The topological polar surface area (TPSA) is 75.4 Å². The van der Waals surface area contributed by atoms with E-state index in [2.05, 4.69) is 21.2 Å². The van der Waals surface area contributed by atoms with Crippen molar-refractivity contribution >= 4 is 27.3 Å². The Kier molecular flexibility index (Phi) is 4.11. The first-order chi connectivity index (χ1) is 7.71. The van der Waals surface area contributed by atoms with Gasteiger partial charge in [0.05, 0.1) is 16.6 Å². The van der Waals surface area contributed by atoms with Crippen molar-refractivity contribution in [3.05, 3.63) is 32.8 Å². The average molecular weight is 303 g/mol. The van der Waals surface area contributed by atoms with Gasteiger partial charge in [0.25, 0.3) is 5.69 Å². The van der Waals surface area contributed by atoms with Crippen molar-refractivity contribution in [2.75, 3.05) is 5.32 Å². The predicted molar refractivity (Wildman–Crippen MR) is 70.2 cm³/mol. The van der Waals surface area contributed by atoms with Crippen LogP contribution in [-0.2, 0) is 0 Å². The second kappa shape index (κ2) is 5.01. The van der Waals surface area contributed by atoms with E-state index in [1.54, 1.807) is 32.9 Å². The summed E-state index contributed by atoms with van der Waals surface area (Å²) < 4.78 is 0.644. The van der Waals surface area contributed by atoms with E-state index in [9.17, 15) is 15.2 Å². The van der Waals surface area contributed by atoms with Crippen LogP contribution in [0, 0.1) is 10.1 Å². The summed E-state index contributed by atoms with van der Waals surface area (Å²) in [7, 11) is 0. The highest BCUT2D eigenvalue weighted by molar-refractivity contribution is 9.10. The number of anilines is 1. The molecule has 2 N–H and O–H groups in total. The molecule has 0 radical (unpaired) electrons. The van der Waals surface area contributed by atoms with Crippen LogP contribution in [0.1, 0.15) is 20.8 Å². The van der Waals surface area contributed by atoms with Gasteiger partial charge >= 0.3 is 0 Å². The van der Waals surface area contributed by atoms with Gasteiger partial charge in [-0.15, -0.1) is 0 Å². The summed E-state index contributed by atoms with van der Waals surface area (Å²) >= 11 is 3.19. The molecule has 6 heteroatoms. The van der Waals surface area contributed by atoms with E-state index in [4.69, 9.17) is 0 Å². The van der Waals surface area contributed by atoms with Gasteiger partial charge in [-0.25, -0.2) is 0 Å². The minimum Gasteiger partial charge on any atom is -0.388 e. The van der Waals surface area contributed by atoms with Crippen molar-refractivity contribution in [3.8, 4) is 0 Å². The molecule has 0 spiro atoms. The zero-order valence-electron chi connectivity index (χ0n) is 9.90. The van der Waals surface area contributed by atoms with Crippen LogP contribution in [0.3, 0.4) is 0 Å². The second-order valence-corrected chi connectivity index (χ2v) is 5.35. The SMILES string of the molecule is CC(Nc1ccc(Br)cc1[N+](=O)[O-])C(C)(C)O. The van der Waals surface area contributed by atoms with E-state index < -0.39 is 10.5 Å². The van der Waals surface area contributed by atoms with Crippen molar-refractivity contribution in [2.24, 2.45) is 0 Å². The molecular weight excluding hydrogens is 288 g/mol. The van der Waals surface area contributed by atoms with Crippen LogP contribution in [0.2, 0.25) is 0 Å². The van der Waals surface area contributed by atoms with Crippen LogP contribution in [0.4, 0.5) is 11.4 Å². The highest BCUT2D eigenvalue weighted by Crippen LogP contribution is 2.29. The van der Waals surface area contributed by atoms with Crippen LogP contribution < -0.4 is 5.32 Å². The molecule has 17 heavy (non-hydrogen) atoms. The molecular formula is C11H15BrN2O3. The first-order valence-electron chi connectivity index (χ1n) is 5.14. The summed E-state index contributed by atoms with van der Waals surface area (Å²) in [6, 6.07) is 4.46. The predicted octanol–water partition coefficient (Wildman–Crippen LogP) is 2.93. The number of nitrogens with one attached hydrogen (secondary N) is 1. The van der Waals surface area contributed by atoms with Crippen LogP contribution in [0.15, 0.2) is 22.7 Å². The molecule has 0 fully saturated rings. The maximum absolute atomic E-state index is 10.9. The van der Waals surface area contributed by atoms with Crippen LogP contribution >= 0.6 is 15.9 Å². The number of aliphatic hydroxyl groups is 1. The van der Waals surface area contributed by atoms with Gasteiger partial charge < -0.3 is 10.4 Å². The smallest absolute Gasteiger partial charge is 0.293 e. The van der Waals surface area contributed by atoms with Crippen molar-refractivity contribution in [1.82, 2.24) is 0 Å². The van der Waals surface area contributed by atoms with Crippen LogP contribution in [-0.4, -0.2) is 21.7 Å². The number of benzene rings is 1. The Labute approximate surface area is 108 Å². The molecule has 0 aliphatic rings. The molecule has 0 aliphatic heterocycles. The first-order valence-corrected chi connectivity index (χ1v) is 5.94. The Morgan fingerprint density at radius 3 is 2.59 bits per heavy atom. The van der Waals surface area contributed by atoms with Crippen LogP contribution in [0.25, 0.3) is 0 Å². The fourth-order valence-electron chi connectivity index (χ4n) is 1.19. The van der Waals surface area contributed by atoms with Gasteiger partial charge in [-0.1, -0.05) is 15.9 Å². The number of nitro groups is 1. The zero-order valence-corrected chi connectivity index (χ0v) is 11.5. The maximum atomic E-state index is 10.9. The van der Waals surface area contributed by atoms with Crippen molar-refractivity contribution in [3.63, 3.8) is 0 Å². The molecule has 94 valence electrons. The Morgan fingerprint density at radius 1 is 1.53 bits per heavy atom. The Bertz CT molecular complexity index is 429. The van der Waals surface area contributed by atoms with Crippen molar-refractivity contribution in [2.45, 2.75) is 32.4 Å². The van der Waals surface area contributed by atoms with Gasteiger partial charge in [-0.2, -0.15) is 0 Å². The molecule has 0 aromatic heterocycles. The lowest BCUT2D eigenvalue weighted by Crippen LogP contribution is -2.39. The van der Waals surface area contributed by atoms with E-state index >= 15 is 0 Å². The quantitative estimate of drug-likeness (QED) is 0.662. The van der Waals surface area contributed by atoms with E-state index in [1.807, 2.05) is 0 Å². The summed E-state index contributed by atoms with van der Waals surface area (Å²) in [6.07, 6.45) is 0. The van der Waals surface area contributed by atoms with E-state index in [0.29, 0.717) is 10.2 Å². The molecule has 1 unspecified atom stereocenters. The van der Waals surface area contributed by atoms with Crippen molar-refractivity contribution in [1.29, 1.82) is 0 Å². The fraction of sp³-hybridized carbons (Fsp3) is 0.455. The van der Waals surface area contributed by atoms with Crippen LogP contribution in [0.5, 0.6) is 0 Å². The molecule has 0 bridgehead atoms. The number of nitrogens with zero attached hydrogens (tertiary/aromatic N) is 1. The minimum atomic E-state index is -0.957. The third-order valence-corrected chi connectivity index (χ3v) is 3.08. The van der Waals surface area contributed by atoms with Gasteiger partial charge in [0, 0.05) is 10.5 Å². The Hall–Kier alpha value is -1.14. The second-order valence-electron chi connectivity index (χ2n) is 4.44. The van der Waals surface area contributed by atoms with E-state index in [0.717, 1.165) is 0 Å². The maximum Gasteiger partial charge on any atom is 0.293 e. The van der Waals surface area contributed by atoms with Gasteiger partial charge in [0.1, 0.15) is 5.69 Å². The Morgan fingerprint density at radius 2 is 2.12 bits per heavy atom. The first kappa shape index (κ1) is 13.9. The van der Waals surface area contributed by atoms with E-state index in [1.165, 1.54) is 6.07 Å². The molecule has 0 heterocycles. The largest absolute Gasteiger partial charge is 0.388 e. The third-order valence-electron chi connectivity index (χ3n) is 2.59. The molecule has 1 aromatic carbocycles. The van der Waals surface area contributed by atoms with Gasteiger partial charge in [0.15, 0.2) is 0 Å².